The summed E-state index contributed by atoms with van der Waals surface area (Å²) in [4.78, 5) is 20.5. The van der Waals surface area contributed by atoms with Gasteiger partial charge in [0.05, 0.1) is 22.9 Å². The van der Waals surface area contributed by atoms with Gasteiger partial charge in [-0.2, -0.15) is 0 Å². The Labute approximate surface area is 205 Å². The third-order valence-corrected chi connectivity index (χ3v) is 6.43. The van der Waals surface area contributed by atoms with Crippen molar-refractivity contribution in [3.63, 3.8) is 0 Å². The van der Waals surface area contributed by atoms with Crippen molar-refractivity contribution >= 4 is 46.1 Å². The van der Waals surface area contributed by atoms with Gasteiger partial charge in [-0.1, -0.05) is 30.5 Å². The fraction of sp³-hybridized carbons (Fsp3) is 0.200. The normalized spacial score (nSPS) is 11.1. The summed E-state index contributed by atoms with van der Waals surface area (Å²) < 4.78 is 38.0. The second kappa shape index (κ2) is 10.4. The van der Waals surface area contributed by atoms with Crippen LogP contribution in [-0.2, 0) is 0 Å². The minimum atomic E-state index is -0.929. The number of pyridine rings is 1. The summed E-state index contributed by atoms with van der Waals surface area (Å²) in [6.45, 7) is 4.38. The summed E-state index contributed by atoms with van der Waals surface area (Å²) in [5.74, 6) is -1.25. The number of carbonyl (C=O) groups is 1. The van der Waals surface area contributed by atoms with Crippen LogP contribution in [0.3, 0.4) is 0 Å². The highest BCUT2D eigenvalue weighted by molar-refractivity contribution is 8.00. The van der Waals surface area contributed by atoms with Gasteiger partial charge in [-0.15, -0.1) is 0 Å². The first-order chi connectivity index (χ1) is 16.4. The molecule has 0 aliphatic rings. The van der Waals surface area contributed by atoms with E-state index in [1.807, 2.05) is 13.8 Å². The number of halogens is 3. The molecule has 2 heterocycles. The molecule has 4 aromatic rings. The van der Waals surface area contributed by atoms with Gasteiger partial charge < -0.3 is 14.4 Å². The molecular weight excluding hydrogens is 480 g/mol. The van der Waals surface area contributed by atoms with E-state index >= 15 is 4.39 Å². The van der Waals surface area contributed by atoms with Gasteiger partial charge in [0.2, 0.25) is 5.78 Å². The number of ether oxygens (including phenoxy) is 1. The summed E-state index contributed by atoms with van der Waals surface area (Å²) in [5, 5.41) is 0.890. The van der Waals surface area contributed by atoms with E-state index in [2.05, 4.69) is 14.7 Å². The van der Waals surface area contributed by atoms with Crippen molar-refractivity contribution in [1.82, 2.24) is 9.97 Å². The van der Waals surface area contributed by atoms with Gasteiger partial charge in [-0.25, -0.2) is 13.8 Å². The van der Waals surface area contributed by atoms with E-state index in [1.165, 1.54) is 24.2 Å². The molecule has 0 saturated heterocycles. The largest absolute Gasteiger partial charge is 0.494 e. The van der Waals surface area contributed by atoms with Gasteiger partial charge in [0, 0.05) is 40.2 Å². The van der Waals surface area contributed by atoms with Crippen LogP contribution in [0.4, 0.5) is 14.5 Å². The molecule has 0 spiro atoms. The number of carbonyl (C=O) groups excluding carboxylic acids is 1. The SMILES string of the molecule is CCCSNc1ccc(F)c(C(=O)c2c[nH]c3ncc(-c4ccc(OCC)cc4Cl)cc23)c1F. The maximum atomic E-state index is 15.1. The summed E-state index contributed by atoms with van der Waals surface area (Å²) in [7, 11) is 0. The van der Waals surface area contributed by atoms with Crippen molar-refractivity contribution in [2.24, 2.45) is 0 Å². The van der Waals surface area contributed by atoms with Crippen LogP contribution in [0.15, 0.2) is 48.8 Å². The number of nitrogens with one attached hydrogen (secondary N) is 2. The lowest BCUT2D eigenvalue weighted by molar-refractivity contribution is 0.103. The van der Waals surface area contributed by atoms with E-state index in [9.17, 15) is 9.18 Å². The van der Waals surface area contributed by atoms with Crippen LogP contribution in [0.25, 0.3) is 22.2 Å². The molecule has 176 valence electrons. The van der Waals surface area contributed by atoms with Crippen LogP contribution in [-0.4, -0.2) is 28.1 Å². The molecule has 4 rings (SSSR count). The smallest absolute Gasteiger partial charge is 0.201 e. The Bertz CT molecular complexity index is 1360. The fourth-order valence-corrected chi connectivity index (χ4v) is 4.43. The quantitative estimate of drug-likeness (QED) is 0.143. The molecule has 34 heavy (non-hydrogen) atoms. The van der Waals surface area contributed by atoms with E-state index < -0.39 is 23.0 Å². The lowest BCUT2D eigenvalue weighted by Crippen LogP contribution is -2.09. The number of nitrogens with zero attached hydrogens (tertiary/aromatic N) is 1. The van der Waals surface area contributed by atoms with Crippen molar-refractivity contribution in [3.05, 3.63) is 76.6 Å². The number of hydrogen-bond donors (Lipinski definition) is 2. The van der Waals surface area contributed by atoms with Crippen LogP contribution < -0.4 is 9.46 Å². The zero-order chi connectivity index (χ0) is 24.2. The molecule has 5 nitrogen and oxygen atoms in total. The second-order valence-corrected chi connectivity index (χ2v) is 8.77. The number of aromatic amines is 1. The predicted molar refractivity (Wildman–Crippen MR) is 134 cm³/mol. The summed E-state index contributed by atoms with van der Waals surface area (Å²) >= 11 is 7.73. The zero-order valence-electron chi connectivity index (χ0n) is 18.5. The summed E-state index contributed by atoms with van der Waals surface area (Å²) in [6.07, 6.45) is 3.91. The first kappa shape index (κ1) is 24.0. The molecule has 0 aliphatic carbocycles. The predicted octanol–water partition coefficient (Wildman–Crippen LogP) is 7.26. The Morgan fingerprint density at radius 3 is 2.76 bits per heavy atom. The lowest BCUT2D eigenvalue weighted by Gasteiger charge is -2.11. The van der Waals surface area contributed by atoms with Crippen molar-refractivity contribution in [2.45, 2.75) is 20.3 Å². The van der Waals surface area contributed by atoms with Gasteiger partial charge >= 0.3 is 0 Å². The number of anilines is 1. The topological polar surface area (TPSA) is 67.0 Å². The number of rotatable bonds is 9. The van der Waals surface area contributed by atoms with Gasteiger partial charge in [0.1, 0.15) is 17.2 Å². The van der Waals surface area contributed by atoms with Crippen molar-refractivity contribution < 1.29 is 18.3 Å². The molecule has 9 heteroatoms. The molecule has 0 bridgehead atoms. The average molecular weight is 502 g/mol. The highest BCUT2D eigenvalue weighted by Gasteiger charge is 2.25. The van der Waals surface area contributed by atoms with Gasteiger partial charge in [0.25, 0.3) is 0 Å². The standard InChI is InChI=1S/C25H22ClF2N3O2S/c1-3-9-34-31-21-8-7-20(27)22(23(21)28)24(32)18-13-30-25-17(18)10-14(12-29-25)16-6-5-15(33-4-2)11-19(16)26/h5-8,10-13,31H,3-4,9H2,1-2H3,(H,29,30). The van der Waals surface area contributed by atoms with Crippen LogP contribution in [0.1, 0.15) is 36.2 Å². The number of benzene rings is 2. The molecule has 2 aromatic heterocycles. The molecule has 0 saturated carbocycles. The third kappa shape index (κ3) is 4.74. The van der Waals surface area contributed by atoms with Gasteiger partial charge in [-0.3, -0.25) is 4.79 Å². The van der Waals surface area contributed by atoms with Gasteiger partial charge in [-0.05, 0) is 49.7 Å². The maximum absolute atomic E-state index is 15.1. The Morgan fingerprint density at radius 1 is 1.21 bits per heavy atom. The number of fused-ring (bicyclic) bond motifs is 1. The maximum Gasteiger partial charge on any atom is 0.201 e. The van der Waals surface area contributed by atoms with Crippen LogP contribution in [0.2, 0.25) is 5.02 Å². The number of aromatic nitrogens is 2. The number of H-pyrrole nitrogens is 1. The highest BCUT2D eigenvalue weighted by atomic mass is 35.5. The molecule has 0 fully saturated rings. The average Bonchev–Trinajstić information content (AvgIpc) is 3.24. The van der Waals surface area contributed by atoms with Crippen LogP contribution >= 0.6 is 23.5 Å². The molecule has 0 aliphatic heterocycles. The third-order valence-electron chi connectivity index (χ3n) is 5.14. The van der Waals surface area contributed by atoms with E-state index in [4.69, 9.17) is 16.3 Å². The number of ketones is 1. The molecule has 2 N–H and O–H groups in total. The van der Waals surface area contributed by atoms with Crippen molar-refractivity contribution in [3.8, 4) is 16.9 Å². The molecule has 0 amide bonds. The summed E-state index contributed by atoms with van der Waals surface area (Å²) in [5.41, 5.74) is 1.32. The lowest BCUT2D eigenvalue weighted by atomic mass is 9.99. The van der Waals surface area contributed by atoms with E-state index in [-0.39, 0.29) is 11.3 Å². The van der Waals surface area contributed by atoms with E-state index in [1.54, 1.807) is 30.5 Å². The Hall–Kier alpha value is -3.10. The molecule has 0 unspecified atom stereocenters. The van der Waals surface area contributed by atoms with Gasteiger partial charge in [0.15, 0.2) is 5.82 Å². The fourth-order valence-electron chi connectivity index (χ4n) is 3.53. The van der Waals surface area contributed by atoms with Crippen molar-refractivity contribution in [2.75, 3.05) is 17.1 Å². The Kier molecular flexibility index (Phi) is 7.38. The Morgan fingerprint density at radius 2 is 2.03 bits per heavy atom. The van der Waals surface area contributed by atoms with Crippen LogP contribution in [0, 0.1) is 11.6 Å². The molecular formula is C25H22ClF2N3O2S. The minimum Gasteiger partial charge on any atom is -0.494 e. The van der Waals surface area contributed by atoms with E-state index in [0.717, 1.165) is 18.2 Å². The zero-order valence-corrected chi connectivity index (χ0v) is 20.1. The van der Waals surface area contributed by atoms with E-state index in [0.29, 0.717) is 39.5 Å². The Balaban J connectivity index is 1.74. The number of hydrogen-bond acceptors (Lipinski definition) is 5. The summed E-state index contributed by atoms with van der Waals surface area (Å²) in [6, 6.07) is 9.39. The molecule has 0 radical (unpaired) electrons. The van der Waals surface area contributed by atoms with Crippen molar-refractivity contribution in [1.29, 1.82) is 0 Å². The molecule has 2 aromatic carbocycles. The monoisotopic (exact) mass is 501 g/mol. The molecule has 0 atom stereocenters. The first-order valence-corrected chi connectivity index (χ1v) is 12.1. The second-order valence-electron chi connectivity index (χ2n) is 7.46. The first-order valence-electron chi connectivity index (χ1n) is 10.7. The minimum absolute atomic E-state index is 0.0584. The highest BCUT2D eigenvalue weighted by Crippen LogP contribution is 2.34. The van der Waals surface area contributed by atoms with Crippen LogP contribution in [0.5, 0.6) is 5.75 Å².